The Morgan fingerprint density at radius 3 is 2.58 bits per heavy atom. The molecule has 0 aliphatic heterocycles. The van der Waals surface area contributed by atoms with Crippen molar-refractivity contribution in [3.05, 3.63) is 106 Å². The lowest BCUT2D eigenvalue weighted by atomic mass is 10.1. The zero-order chi connectivity index (χ0) is 25.1. The molecule has 0 aliphatic rings. The fourth-order valence-electron chi connectivity index (χ4n) is 3.87. The number of nitrogens with one attached hydrogen (secondary N) is 1. The van der Waals surface area contributed by atoms with Crippen LogP contribution in [0, 0.1) is 12.7 Å². The molecule has 1 aromatic heterocycles. The van der Waals surface area contributed by atoms with Gasteiger partial charge in [-0.2, -0.15) is 0 Å². The van der Waals surface area contributed by atoms with E-state index in [-0.39, 0.29) is 12.4 Å². The highest BCUT2D eigenvalue weighted by atomic mass is 35.5. The molecule has 0 amide bonds. The average Bonchev–Trinajstić information content (AvgIpc) is 3.31. The van der Waals surface area contributed by atoms with Gasteiger partial charge < -0.3 is 14.8 Å². The van der Waals surface area contributed by atoms with Gasteiger partial charge >= 0.3 is 0 Å². The second-order valence-corrected chi connectivity index (χ2v) is 9.85. The standard InChI is InChI=1S/C29H24ClFN2O2S/c1-18-7-12-25-27(13-18)36-29(33-25)20-8-10-22(11-9-20)32-16-19-14-23(30)28(26(15-19)34-2)35-17-21-5-3-4-6-24(21)31/h3-15,32H,16-17H2,1-2H3. The highest BCUT2D eigenvalue weighted by Gasteiger charge is 2.14. The number of hydrogen-bond acceptors (Lipinski definition) is 5. The molecule has 5 aromatic rings. The highest BCUT2D eigenvalue weighted by Crippen LogP contribution is 2.37. The van der Waals surface area contributed by atoms with Gasteiger partial charge in [0.05, 0.1) is 22.3 Å². The van der Waals surface area contributed by atoms with Crippen molar-refractivity contribution < 1.29 is 13.9 Å². The van der Waals surface area contributed by atoms with Crippen molar-refractivity contribution in [2.75, 3.05) is 12.4 Å². The van der Waals surface area contributed by atoms with E-state index >= 15 is 0 Å². The third-order valence-corrected chi connectivity index (χ3v) is 7.14. The average molecular weight is 519 g/mol. The van der Waals surface area contributed by atoms with Gasteiger partial charge in [0.2, 0.25) is 0 Å². The number of nitrogens with zero attached hydrogens (tertiary/aromatic N) is 1. The number of anilines is 1. The first kappa shape index (κ1) is 24.1. The van der Waals surface area contributed by atoms with E-state index in [9.17, 15) is 4.39 Å². The first-order chi connectivity index (χ1) is 17.5. The van der Waals surface area contributed by atoms with Crippen LogP contribution in [-0.2, 0) is 13.2 Å². The molecule has 0 atom stereocenters. The minimum absolute atomic E-state index is 0.0565. The SMILES string of the molecule is COc1cc(CNc2ccc(-c3nc4ccc(C)cc4s3)cc2)cc(Cl)c1OCc1ccccc1F. The van der Waals surface area contributed by atoms with Gasteiger partial charge in [-0.1, -0.05) is 35.9 Å². The van der Waals surface area contributed by atoms with E-state index < -0.39 is 0 Å². The van der Waals surface area contributed by atoms with Crippen molar-refractivity contribution >= 4 is 38.8 Å². The second-order valence-electron chi connectivity index (χ2n) is 8.41. The summed E-state index contributed by atoms with van der Waals surface area (Å²) >= 11 is 8.20. The van der Waals surface area contributed by atoms with Crippen molar-refractivity contribution in [3.63, 3.8) is 0 Å². The smallest absolute Gasteiger partial charge is 0.180 e. The predicted molar refractivity (Wildman–Crippen MR) is 146 cm³/mol. The molecule has 0 aliphatic carbocycles. The summed E-state index contributed by atoms with van der Waals surface area (Å²) in [6, 6.07) is 24.7. The van der Waals surface area contributed by atoms with E-state index in [0.717, 1.165) is 27.3 Å². The molecule has 4 aromatic carbocycles. The Morgan fingerprint density at radius 1 is 1.00 bits per heavy atom. The lowest BCUT2D eigenvalue weighted by Crippen LogP contribution is -2.03. The summed E-state index contributed by atoms with van der Waals surface area (Å²) in [5, 5.41) is 4.83. The van der Waals surface area contributed by atoms with Gasteiger partial charge in [-0.25, -0.2) is 9.37 Å². The van der Waals surface area contributed by atoms with E-state index in [4.69, 9.17) is 26.1 Å². The van der Waals surface area contributed by atoms with E-state index in [1.807, 2.05) is 24.3 Å². The zero-order valence-corrected chi connectivity index (χ0v) is 21.4. The Labute approximate surface area is 218 Å². The first-order valence-corrected chi connectivity index (χ1v) is 12.6. The van der Waals surface area contributed by atoms with Crippen molar-refractivity contribution in [3.8, 4) is 22.1 Å². The Kier molecular flexibility index (Phi) is 7.07. The highest BCUT2D eigenvalue weighted by molar-refractivity contribution is 7.21. The fraction of sp³-hybridized carbons (Fsp3) is 0.138. The Morgan fingerprint density at radius 2 is 1.81 bits per heavy atom. The van der Waals surface area contributed by atoms with Gasteiger partial charge in [0.25, 0.3) is 0 Å². The van der Waals surface area contributed by atoms with Crippen LogP contribution in [0.25, 0.3) is 20.8 Å². The third-order valence-electron chi connectivity index (χ3n) is 5.79. The quantitative estimate of drug-likeness (QED) is 0.224. The molecule has 1 N–H and O–H groups in total. The molecule has 0 saturated heterocycles. The zero-order valence-electron chi connectivity index (χ0n) is 19.8. The molecule has 0 fully saturated rings. The minimum atomic E-state index is -0.322. The molecular formula is C29H24ClFN2O2S. The van der Waals surface area contributed by atoms with Crippen LogP contribution in [0.2, 0.25) is 5.02 Å². The van der Waals surface area contributed by atoms with Crippen LogP contribution in [0.3, 0.4) is 0 Å². The molecule has 5 rings (SSSR count). The normalized spacial score (nSPS) is 11.0. The van der Waals surface area contributed by atoms with Crippen LogP contribution < -0.4 is 14.8 Å². The minimum Gasteiger partial charge on any atom is -0.493 e. The van der Waals surface area contributed by atoms with Gasteiger partial charge in [0.15, 0.2) is 11.5 Å². The molecule has 0 unspecified atom stereocenters. The number of benzene rings is 4. The Hall–Kier alpha value is -3.61. The number of halogens is 2. The summed E-state index contributed by atoms with van der Waals surface area (Å²) < 4.78 is 26.4. The molecular weight excluding hydrogens is 495 g/mol. The molecule has 7 heteroatoms. The van der Waals surface area contributed by atoms with E-state index in [2.05, 4.69) is 42.6 Å². The number of methoxy groups -OCH3 is 1. The van der Waals surface area contributed by atoms with E-state index in [0.29, 0.717) is 28.6 Å². The van der Waals surface area contributed by atoms with Crippen LogP contribution in [0.15, 0.2) is 78.9 Å². The summed E-state index contributed by atoms with van der Waals surface area (Å²) in [5.41, 5.74) is 5.70. The van der Waals surface area contributed by atoms with Gasteiger partial charge in [-0.05, 0) is 72.6 Å². The van der Waals surface area contributed by atoms with Crippen molar-refractivity contribution in [1.82, 2.24) is 4.98 Å². The fourth-order valence-corrected chi connectivity index (χ4v) is 5.23. The summed E-state index contributed by atoms with van der Waals surface area (Å²) in [5.74, 6) is 0.566. The predicted octanol–water partition coefficient (Wildman–Crippen LogP) is 8.26. The maximum Gasteiger partial charge on any atom is 0.180 e. The Bertz CT molecular complexity index is 1520. The summed E-state index contributed by atoms with van der Waals surface area (Å²) in [4.78, 5) is 4.76. The second kappa shape index (κ2) is 10.6. The van der Waals surface area contributed by atoms with Crippen LogP contribution in [0.1, 0.15) is 16.7 Å². The number of fused-ring (bicyclic) bond motifs is 1. The molecule has 1 heterocycles. The van der Waals surface area contributed by atoms with Crippen molar-refractivity contribution in [2.45, 2.75) is 20.1 Å². The molecule has 0 radical (unpaired) electrons. The number of aryl methyl sites for hydroxylation is 1. The van der Waals surface area contributed by atoms with Gasteiger partial charge in [0.1, 0.15) is 17.4 Å². The van der Waals surface area contributed by atoms with Crippen molar-refractivity contribution in [1.29, 1.82) is 0 Å². The number of aromatic nitrogens is 1. The van der Waals surface area contributed by atoms with Crippen LogP contribution >= 0.6 is 22.9 Å². The topological polar surface area (TPSA) is 43.4 Å². The van der Waals surface area contributed by atoms with E-state index in [1.54, 1.807) is 36.6 Å². The summed E-state index contributed by atoms with van der Waals surface area (Å²) in [7, 11) is 1.56. The lowest BCUT2D eigenvalue weighted by Gasteiger charge is -2.15. The lowest BCUT2D eigenvalue weighted by molar-refractivity contribution is 0.280. The Balaban J connectivity index is 1.26. The van der Waals surface area contributed by atoms with Crippen molar-refractivity contribution in [2.24, 2.45) is 0 Å². The molecule has 0 spiro atoms. The number of hydrogen-bond donors (Lipinski definition) is 1. The van der Waals surface area contributed by atoms with Crippen LogP contribution in [-0.4, -0.2) is 12.1 Å². The van der Waals surface area contributed by atoms with Crippen LogP contribution in [0.5, 0.6) is 11.5 Å². The monoisotopic (exact) mass is 518 g/mol. The van der Waals surface area contributed by atoms with Crippen LogP contribution in [0.4, 0.5) is 10.1 Å². The number of ether oxygens (including phenoxy) is 2. The molecule has 0 saturated carbocycles. The van der Waals surface area contributed by atoms with E-state index in [1.165, 1.54) is 16.3 Å². The van der Waals surface area contributed by atoms with Gasteiger partial charge in [-0.15, -0.1) is 11.3 Å². The van der Waals surface area contributed by atoms with Gasteiger partial charge in [0, 0.05) is 23.4 Å². The maximum atomic E-state index is 13.9. The number of thiazole rings is 1. The molecule has 4 nitrogen and oxygen atoms in total. The van der Waals surface area contributed by atoms with Gasteiger partial charge in [-0.3, -0.25) is 0 Å². The number of rotatable bonds is 8. The summed E-state index contributed by atoms with van der Waals surface area (Å²) in [6.07, 6.45) is 0. The molecule has 36 heavy (non-hydrogen) atoms. The largest absolute Gasteiger partial charge is 0.493 e. The molecule has 182 valence electrons. The molecule has 0 bridgehead atoms. The third kappa shape index (κ3) is 5.30. The summed E-state index contributed by atoms with van der Waals surface area (Å²) in [6.45, 7) is 2.69. The first-order valence-electron chi connectivity index (χ1n) is 11.4. The maximum absolute atomic E-state index is 13.9.